The lowest BCUT2D eigenvalue weighted by Gasteiger charge is -2.22. The van der Waals surface area contributed by atoms with E-state index in [1.165, 1.54) is 4.90 Å². The average Bonchev–Trinajstić information content (AvgIpc) is 2.85. The van der Waals surface area contributed by atoms with Gasteiger partial charge in [0.1, 0.15) is 13.2 Å². The Morgan fingerprint density at radius 3 is 1.69 bits per heavy atom. The zero-order chi connectivity index (χ0) is 26.6. The fourth-order valence-electron chi connectivity index (χ4n) is 3.63. The molecule has 6 N–H and O–H groups in total. The number of ether oxygens (including phenoxy) is 2. The fourth-order valence-corrected chi connectivity index (χ4v) is 3.63. The van der Waals surface area contributed by atoms with Crippen molar-refractivity contribution in [3.8, 4) is 58.0 Å². The third-order valence-electron chi connectivity index (χ3n) is 5.45. The molecule has 0 atom stereocenters. The quantitative estimate of drug-likeness (QED) is 0.155. The maximum Gasteiger partial charge on any atom is 0.339 e. The van der Waals surface area contributed by atoms with Crippen molar-refractivity contribution in [2.45, 2.75) is 19.3 Å². The summed E-state index contributed by atoms with van der Waals surface area (Å²) < 4.78 is 10.4. The number of phenolic OH excluding ortho intramolecular Hbond substituents is 6. The van der Waals surface area contributed by atoms with Gasteiger partial charge in [-0.25, -0.2) is 9.59 Å². The van der Waals surface area contributed by atoms with Crippen LogP contribution in [-0.4, -0.2) is 79.7 Å². The summed E-state index contributed by atoms with van der Waals surface area (Å²) in [7, 11) is 0. The Kier molecular flexibility index (Phi) is 7.64. The van der Waals surface area contributed by atoms with Gasteiger partial charge in [-0.2, -0.15) is 0 Å². The number of hydrogen-bond donors (Lipinski definition) is 6. The summed E-state index contributed by atoms with van der Waals surface area (Å²) in [5.74, 6) is -6.55. The minimum Gasteiger partial charge on any atom is -0.504 e. The summed E-state index contributed by atoms with van der Waals surface area (Å²) in [5.41, 5.74) is -2.58. The number of unbranched alkanes of at least 4 members (excludes halogenated alkanes) is 1. The third kappa shape index (κ3) is 5.00. The molecule has 2 aromatic carbocycles. The number of nitrogens with zero attached hydrogens (tertiary/aromatic N) is 1. The van der Waals surface area contributed by atoms with E-state index in [9.17, 15) is 45.0 Å². The van der Waals surface area contributed by atoms with E-state index in [0.29, 0.717) is 25.0 Å². The van der Waals surface area contributed by atoms with Gasteiger partial charge in [0.15, 0.2) is 23.0 Å². The highest BCUT2D eigenvalue weighted by Crippen LogP contribution is 2.52. The monoisotopic (exact) mass is 501 g/mol. The highest BCUT2D eigenvalue weighted by atomic mass is 16.5. The summed E-state index contributed by atoms with van der Waals surface area (Å²) in [4.78, 5) is 39.7. The maximum atomic E-state index is 12.9. The lowest BCUT2D eigenvalue weighted by Crippen LogP contribution is -2.37. The van der Waals surface area contributed by atoms with Crippen LogP contribution in [0.15, 0.2) is 12.1 Å². The number of hydrogen-bond acceptors (Lipinski definition) is 11. The van der Waals surface area contributed by atoms with E-state index in [1.807, 2.05) is 0 Å². The van der Waals surface area contributed by atoms with Crippen molar-refractivity contribution >= 4 is 17.8 Å². The second kappa shape index (κ2) is 10.6. The summed E-state index contributed by atoms with van der Waals surface area (Å²) in [6.07, 6.45) is 6.08. The number of fused-ring (bicyclic) bond motifs is 3. The molecule has 0 bridgehead atoms. The van der Waals surface area contributed by atoms with Gasteiger partial charge in [-0.1, -0.05) is 0 Å². The number of esters is 2. The van der Waals surface area contributed by atoms with Gasteiger partial charge in [-0.15, -0.1) is 12.3 Å². The van der Waals surface area contributed by atoms with Gasteiger partial charge >= 0.3 is 11.9 Å². The predicted molar refractivity (Wildman–Crippen MR) is 122 cm³/mol. The third-order valence-corrected chi connectivity index (χ3v) is 5.45. The Hall–Kier alpha value is -4.79. The van der Waals surface area contributed by atoms with Gasteiger partial charge in [0.2, 0.25) is 17.4 Å². The van der Waals surface area contributed by atoms with Gasteiger partial charge in [0.05, 0.1) is 24.2 Å². The van der Waals surface area contributed by atoms with E-state index in [-0.39, 0.29) is 38.6 Å². The van der Waals surface area contributed by atoms with Gasteiger partial charge < -0.3 is 45.0 Å². The number of rotatable bonds is 3. The van der Waals surface area contributed by atoms with E-state index in [1.54, 1.807) is 0 Å². The van der Waals surface area contributed by atoms with Gasteiger partial charge in [-0.05, 0) is 18.6 Å². The number of carbonyl (C=O) groups excluding carboxylic acids is 3. The molecule has 0 aliphatic carbocycles. The molecule has 36 heavy (non-hydrogen) atoms. The molecule has 1 aliphatic rings. The molecule has 0 unspecified atom stereocenters. The van der Waals surface area contributed by atoms with Crippen LogP contribution >= 0.6 is 0 Å². The topological polar surface area (TPSA) is 194 Å². The van der Waals surface area contributed by atoms with Crippen molar-refractivity contribution in [2.24, 2.45) is 0 Å². The van der Waals surface area contributed by atoms with E-state index in [0.717, 1.165) is 0 Å². The van der Waals surface area contributed by atoms with Crippen LogP contribution < -0.4 is 0 Å². The highest BCUT2D eigenvalue weighted by Gasteiger charge is 2.32. The molecular formula is C24H23NO11. The van der Waals surface area contributed by atoms with Gasteiger partial charge in [-0.3, -0.25) is 4.79 Å². The molecule has 0 radical (unpaired) electrons. The minimum absolute atomic E-state index is 0.0939. The van der Waals surface area contributed by atoms with E-state index in [4.69, 9.17) is 15.9 Å². The summed E-state index contributed by atoms with van der Waals surface area (Å²) >= 11 is 0. The van der Waals surface area contributed by atoms with Gasteiger partial charge in [0.25, 0.3) is 0 Å². The van der Waals surface area contributed by atoms with Crippen LogP contribution in [0.1, 0.15) is 40.0 Å². The number of carbonyl (C=O) groups is 3. The van der Waals surface area contributed by atoms with Crippen molar-refractivity contribution < 1.29 is 54.5 Å². The fraction of sp³-hybridized carbons (Fsp3) is 0.292. The smallest absolute Gasteiger partial charge is 0.339 e. The van der Waals surface area contributed by atoms with E-state index < -0.39 is 68.7 Å². The first kappa shape index (κ1) is 25.8. The minimum atomic E-state index is -1.17. The Labute approximate surface area is 204 Å². The standard InChI is InChI=1S/C24H23NO11/c1-2-3-4-5-16(28)25-6-8-35-23(33)12-10-14(26)19(29)21(31)17(12)18-13(24(34)36-9-7-25)11-15(27)20(30)22(18)32/h1,10-11,26-27,29-32H,3-9H2. The molecule has 0 spiro atoms. The van der Waals surface area contributed by atoms with Crippen LogP contribution in [0.5, 0.6) is 34.5 Å². The zero-order valence-electron chi connectivity index (χ0n) is 18.9. The van der Waals surface area contributed by atoms with Crippen LogP contribution in [-0.2, 0) is 14.3 Å². The van der Waals surface area contributed by atoms with Crippen molar-refractivity contribution in [3.05, 3.63) is 23.3 Å². The molecule has 3 rings (SSSR count). The molecule has 190 valence electrons. The molecule has 1 amide bonds. The average molecular weight is 501 g/mol. The lowest BCUT2D eigenvalue weighted by molar-refractivity contribution is -0.132. The summed E-state index contributed by atoms with van der Waals surface area (Å²) in [6, 6.07) is 1.43. The number of aromatic hydroxyl groups is 6. The molecule has 1 heterocycles. The first-order valence-electron chi connectivity index (χ1n) is 10.7. The molecule has 0 aromatic heterocycles. The second-order valence-electron chi connectivity index (χ2n) is 7.74. The van der Waals surface area contributed by atoms with Crippen LogP contribution in [0.25, 0.3) is 11.1 Å². The largest absolute Gasteiger partial charge is 0.504 e. The van der Waals surface area contributed by atoms with Gasteiger partial charge in [0, 0.05) is 24.0 Å². The van der Waals surface area contributed by atoms with Crippen LogP contribution in [0.2, 0.25) is 0 Å². The maximum absolute atomic E-state index is 12.9. The molecule has 1 aliphatic heterocycles. The summed E-state index contributed by atoms with van der Waals surface area (Å²) in [6.45, 7) is -0.864. The van der Waals surface area contributed by atoms with E-state index >= 15 is 0 Å². The highest BCUT2D eigenvalue weighted by molar-refractivity contribution is 6.08. The Morgan fingerprint density at radius 2 is 1.28 bits per heavy atom. The SMILES string of the molecule is C#CCCCC(=O)N1CCOC(=O)c2cc(O)c(O)c(O)c2-c2c(cc(O)c(O)c2O)C(=O)OCC1. The van der Waals surface area contributed by atoms with Crippen molar-refractivity contribution in [1.82, 2.24) is 4.90 Å². The lowest BCUT2D eigenvalue weighted by atomic mass is 9.92. The van der Waals surface area contributed by atoms with Crippen molar-refractivity contribution in [2.75, 3.05) is 26.3 Å². The molecule has 0 fully saturated rings. The molecule has 0 saturated heterocycles. The molecular weight excluding hydrogens is 478 g/mol. The number of phenols is 6. The molecule has 2 aromatic rings. The van der Waals surface area contributed by atoms with Crippen molar-refractivity contribution in [1.29, 1.82) is 0 Å². The molecule has 12 heteroatoms. The normalized spacial score (nSPS) is 14.1. The number of amides is 1. The zero-order valence-corrected chi connectivity index (χ0v) is 18.9. The second-order valence-corrected chi connectivity index (χ2v) is 7.74. The number of cyclic esters (lactones) is 2. The Morgan fingerprint density at radius 1 is 0.833 bits per heavy atom. The summed E-state index contributed by atoms with van der Waals surface area (Å²) in [5, 5.41) is 61.1. The molecule has 0 saturated carbocycles. The predicted octanol–water partition coefficient (Wildman–Crippen LogP) is 1.55. The van der Waals surface area contributed by atoms with Crippen LogP contribution in [0, 0.1) is 12.3 Å². The van der Waals surface area contributed by atoms with Crippen molar-refractivity contribution in [3.63, 3.8) is 0 Å². The first-order chi connectivity index (χ1) is 17.1. The number of terminal acetylenes is 1. The Balaban J connectivity index is 2.15. The van der Waals surface area contributed by atoms with E-state index in [2.05, 4.69) is 5.92 Å². The number of benzene rings is 2. The first-order valence-corrected chi connectivity index (χ1v) is 10.7. The Bertz CT molecular complexity index is 1180. The van der Waals surface area contributed by atoms with Crippen LogP contribution in [0.3, 0.4) is 0 Å². The van der Waals surface area contributed by atoms with Crippen LogP contribution in [0.4, 0.5) is 0 Å². The molecule has 12 nitrogen and oxygen atoms in total.